The number of nitrogens with zero attached hydrogens (tertiary/aromatic N) is 4. The van der Waals surface area contributed by atoms with Gasteiger partial charge in [-0.05, 0) is 48.9 Å². The largest absolute Gasteiger partial charge is 0.365 e. The molecule has 1 saturated carbocycles. The number of aromatic nitrogens is 2. The van der Waals surface area contributed by atoms with Crippen molar-refractivity contribution >= 4 is 11.6 Å². The van der Waals surface area contributed by atoms with Crippen molar-refractivity contribution in [1.82, 2.24) is 14.9 Å². The highest BCUT2D eigenvalue weighted by atomic mass is 16.2. The van der Waals surface area contributed by atoms with E-state index in [1.165, 1.54) is 29.8 Å². The van der Waals surface area contributed by atoms with Crippen LogP contribution in [0.15, 0.2) is 42.9 Å². The van der Waals surface area contributed by atoms with Crippen molar-refractivity contribution in [2.75, 3.05) is 24.5 Å². The number of amides is 1. The summed E-state index contributed by atoms with van der Waals surface area (Å²) in [5.41, 5.74) is 3.58. The van der Waals surface area contributed by atoms with Crippen LogP contribution in [-0.2, 0) is 16.8 Å². The van der Waals surface area contributed by atoms with Crippen molar-refractivity contribution in [2.24, 2.45) is 5.92 Å². The minimum atomic E-state index is -0.0159. The molecule has 26 heavy (non-hydrogen) atoms. The summed E-state index contributed by atoms with van der Waals surface area (Å²) < 4.78 is 0. The van der Waals surface area contributed by atoms with Gasteiger partial charge >= 0.3 is 0 Å². The lowest BCUT2D eigenvalue weighted by Gasteiger charge is -2.26. The van der Waals surface area contributed by atoms with Crippen LogP contribution in [0.1, 0.15) is 36.9 Å². The molecular weight excluding hydrogens is 324 g/mol. The van der Waals surface area contributed by atoms with E-state index < -0.39 is 0 Å². The Balaban J connectivity index is 1.39. The minimum Gasteiger partial charge on any atom is -0.365 e. The number of rotatable bonds is 4. The Bertz CT molecular complexity index is 820. The summed E-state index contributed by atoms with van der Waals surface area (Å²) >= 11 is 0. The maximum Gasteiger partial charge on any atom is 0.222 e. The summed E-state index contributed by atoms with van der Waals surface area (Å²) in [6.45, 7) is 3.44. The molecule has 2 aromatic heterocycles. The average Bonchev–Trinajstić information content (AvgIpc) is 3.30. The molecule has 1 saturated heterocycles. The molecule has 1 atom stereocenters. The number of fused-ring (bicyclic) bond motifs is 2. The summed E-state index contributed by atoms with van der Waals surface area (Å²) in [5, 5.41) is 0. The number of likely N-dealkylation sites (tertiary alicyclic amines) is 1. The van der Waals surface area contributed by atoms with E-state index in [2.05, 4.69) is 26.9 Å². The van der Waals surface area contributed by atoms with Gasteiger partial charge in [0.25, 0.3) is 0 Å². The van der Waals surface area contributed by atoms with Crippen molar-refractivity contribution in [3.05, 3.63) is 54.1 Å². The molecule has 2 aliphatic heterocycles. The van der Waals surface area contributed by atoms with Gasteiger partial charge in [-0.25, -0.2) is 0 Å². The predicted molar refractivity (Wildman–Crippen MR) is 99.7 cm³/mol. The van der Waals surface area contributed by atoms with Gasteiger partial charge in [0.05, 0.1) is 16.8 Å². The highest BCUT2D eigenvalue weighted by Crippen LogP contribution is 2.46. The molecule has 1 amide bonds. The van der Waals surface area contributed by atoms with E-state index in [1.807, 2.05) is 30.7 Å². The van der Waals surface area contributed by atoms with E-state index in [9.17, 15) is 4.79 Å². The maximum atomic E-state index is 12.6. The Morgan fingerprint density at radius 3 is 2.88 bits per heavy atom. The monoisotopic (exact) mass is 348 g/mol. The summed E-state index contributed by atoms with van der Waals surface area (Å²) in [6.07, 6.45) is 9.85. The number of pyridine rings is 2. The molecule has 0 bridgehead atoms. The Labute approximate surface area is 154 Å². The van der Waals surface area contributed by atoms with E-state index in [1.54, 1.807) is 0 Å². The van der Waals surface area contributed by atoms with Crippen LogP contribution < -0.4 is 4.90 Å². The lowest BCUT2D eigenvalue weighted by Crippen LogP contribution is -2.38. The SMILES string of the molecule is O=C(CC1CC1)N1CCC2(C1)CN(Cc1cccnc1)c1cccnc12. The van der Waals surface area contributed by atoms with Gasteiger partial charge < -0.3 is 9.80 Å². The zero-order valence-corrected chi connectivity index (χ0v) is 15.0. The first-order valence-corrected chi connectivity index (χ1v) is 9.61. The second-order valence-corrected chi connectivity index (χ2v) is 8.08. The van der Waals surface area contributed by atoms with Crippen LogP contribution in [0.4, 0.5) is 5.69 Å². The van der Waals surface area contributed by atoms with Gasteiger partial charge in [-0.15, -0.1) is 0 Å². The van der Waals surface area contributed by atoms with Crippen LogP contribution in [0.3, 0.4) is 0 Å². The van der Waals surface area contributed by atoms with Crippen LogP contribution in [0, 0.1) is 5.92 Å². The molecule has 0 aromatic carbocycles. The molecule has 5 nitrogen and oxygen atoms in total. The quantitative estimate of drug-likeness (QED) is 0.852. The first-order chi connectivity index (χ1) is 12.7. The van der Waals surface area contributed by atoms with E-state index in [-0.39, 0.29) is 5.41 Å². The van der Waals surface area contributed by atoms with E-state index in [4.69, 9.17) is 4.98 Å². The Morgan fingerprint density at radius 1 is 1.19 bits per heavy atom. The third kappa shape index (κ3) is 2.75. The molecule has 4 heterocycles. The van der Waals surface area contributed by atoms with Gasteiger partial charge in [-0.3, -0.25) is 14.8 Å². The van der Waals surface area contributed by atoms with Crippen LogP contribution in [0.5, 0.6) is 0 Å². The number of carbonyl (C=O) groups is 1. The second-order valence-electron chi connectivity index (χ2n) is 8.08. The van der Waals surface area contributed by atoms with Crippen LogP contribution in [0.25, 0.3) is 0 Å². The standard InChI is InChI=1S/C21H24N4O/c26-19(11-16-5-6-16)24-10-7-21(14-24)15-25(13-17-3-1-8-22-12-17)18-4-2-9-23-20(18)21/h1-4,8-9,12,16H,5-7,10-11,13-15H2. The molecule has 134 valence electrons. The lowest BCUT2D eigenvalue weighted by atomic mass is 9.85. The molecule has 3 aliphatic rings. The molecule has 2 aromatic rings. The van der Waals surface area contributed by atoms with E-state index in [0.717, 1.165) is 39.0 Å². The molecule has 0 radical (unpaired) electrons. The highest BCUT2D eigenvalue weighted by Gasteiger charge is 2.49. The van der Waals surface area contributed by atoms with Crippen LogP contribution >= 0.6 is 0 Å². The topological polar surface area (TPSA) is 49.3 Å². The average molecular weight is 348 g/mol. The zero-order valence-electron chi connectivity index (χ0n) is 15.0. The van der Waals surface area contributed by atoms with Gasteiger partial charge in [0, 0.05) is 51.2 Å². The van der Waals surface area contributed by atoms with Gasteiger partial charge in [-0.1, -0.05) is 6.07 Å². The summed E-state index contributed by atoms with van der Waals surface area (Å²) in [7, 11) is 0. The third-order valence-corrected chi connectivity index (χ3v) is 6.09. The smallest absolute Gasteiger partial charge is 0.222 e. The van der Waals surface area contributed by atoms with Gasteiger partial charge in [-0.2, -0.15) is 0 Å². The highest BCUT2D eigenvalue weighted by molar-refractivity contribution is 5.77. The fourth-order valence-corrected chi connectivity index (χ4v) is 4.54. The van der Waals surface area contributed by atoms with Crippen molar-refractivity contribution < 1.29 is 4.79 Å². The predicted octanol–water partition coefficient (Wildman–Crippen LogP) is 2.77. The molecule has 1 aliphatic carbocycles. The lowest BCUT2D eigenvalue weighted by molar-refractivity contribution is -0.130. The normalized spacial score (nSPS) is 24.3. The minimum absolute atomic E-state index is 0.0159. The molecule has 1 unspecified atom stereocenters. The van der Waals surface area contributed by atoms with Crippen LogP contribution in [-0.4, -0.2) is 40.4 Å². The molecule has 5 rings (SSSR count). The Kier molecular flexibility index (Phi) is 3.69. The summed E-state index contributed by atoms with van der Waals surface area (Å²) in [4.78, 5) is 26.1. The fraction of sp³-hybridized carbons (Fsp3) is 0.476. The number of hydrogen-bond donors (Lipinski definition) is 0. The van der Waals surface area contributed by atoms with Gasteiger partial charge in [0.1, 0.15) is 0 Å². The van der Waals surface area contributed by atoms with Crippen molar-refractivity contribution in [1.29, 1.82) is 0 Å². The first-order valence-electron chi connectivity index (χ1n) is 9.61. The molecule has 1 spiro atoms. The van der Waals surface area contributed by atoms with Gasteiger partial charge in [0.15, 0.2) is 0 Å². The first kappa shape index (κ1) is 15.8. The van der Waals surface area contributed by atoms with Crippen molar-refractivity contribution in [3.8, 4) is 0 Å². The van der Waals surface area contributed by atoms with Crippen molar-refractivity contribution in [2.45, 2.75) is 37.6 Å². The van der Waals surface area contributed by atoms with Gasteiger partial charge in [0.2, 0.25) is 5.91 Å². The maximum absolute atomic E-state index is 12.6. The molecule has 0 N–H and O–H groups in total. The Hall–Kier alpha value is -2.43. The van der Waals surface area contributed by atoms with Crippen LogP contribution in [0.2, 0.25) is 0 Å². The van der Waals surface area contributed by atoms with E-state index >= 15 is 0 Å². The number of carbonyl (C=O) groups excluding carboxylic acids is 1. The number of hydrogen-bond acceptors (Lipinski definition) is 4. The summed E-state index contributed by atoms with van der Waals surface area (Å²) in [5.74, 6) is 0.989. The molecule has 5 heteroatoms. The fourth-order valence-electron chi connectivity index (χ4n) is 4.54. The van der Waals surface area contributed by atoms with E-state index in [0.29, 0.717) is 11.8 Å². The summed E-state index contributed by atoms with van der Waals surface area (Å²) in [6, 6.07) is 8.29. The van der Waals surface area contributed by atoms with Crippen molar-refractivity contribution in [3.63, 3.8) is 0 Å². The Morgan fingerprint density at radius 2 is 2.08 bits per heavy atom. The zero-order chi connectivity index (χ0) is 17.6. The second kappa shape index (κ2) is 6.08. The molecule has 2 fully saturated rings. The number of anilines is 1. The molecular formula is C21H24N4O. The third-order valence-electron chi connectivity index (χ3n) is 6.09.